The van der Waals surface area contributed by atoms with Crippen LogP contribution in [0.5, 0.6) is 0 Å². The molecule has 8 heteroatoms. The second-order valence-electron chi connectivity index (χ2n) is 5.80. The number of hydrogen-bond acceptors (Lipinski definition) is 6. The highest BCUT2D eigenvalue weighted by Crippen LogP contribution is 2.27. The molecule has 0 radical (unpaired) electrons. The first-order valence-corrected chi connectivity index (χ1v) is 9.69. The maximum atomic E-state index is 12.2. The maximum Gasteiger partial charge on any atom is 0.260 e. The number of nitrogens with zero attached hydrogens (tertiary/aromatic N) is 1. The van der Waals surface area contributed by atoms with Crippen LogP contribution in [0.4, 0.5) is 5.69 Å². The Morgan fingerprint density at radius 1 is 1.23 bits per heavy atom. The molecule has 2 heterocycles. The van der Waals surface area contributed by atoms with Crippen LogP contribution < -0.4 is 10.9 Å². The van der Waals surface area contributed by atoms with Crippen molar-refractivity contribution >= 4 is 50.7 Å². The van der Waals surface area contributed by atoms with Crippen LogP contribution in [0.2, 0.25) is 0 Å². The molecule has 0 unspecified atom stereocenters. The van der Waals surface area contributed by atoms with Gasteiger partial charge in [-0.15, -0.1) is 11.3 Å². The van der Waals surface area contributed by atoms with E-state index in [1.165, 1.54) is 30.0 Å². The van der Waals surface area contributed by atoms with Crippen LogP contribution in [0.3, 0.4) is 0 Å². The Morgan fingerprint density at radius 3 is 2.58 bits per heavy atom. The van der Waals surface area contributed by atoms with Gasteiger partial charge in [0.25, 0.3) is 5.56 Å². The van der Waals surface area contributed by atoms with Gasteiger partial charge in [0, 0.05) is 16.1 Å². The number of Topliss-reactive ketones (excluding diaryl/α,β-unsaturated/α-hetero) is 1. The number of aromatic nitrogens is 2. The van der Waals surface area contributed by atoms with E-state index in [0.717, 1.165) is 10.4 Å². The van der Waals surface area contributed by atoms with Gasteiger partial charge in [-0.2, -0.15) is 0 Å². The number of anilines is 1. The van der Waals surface area contributed by atoms with Gasteiger partial charge in [-0.3, -0.25) is 14.4 Å². The van der Waals surface area contributed by atoms with E-state index in [2.05, 4.69) is 15.3 Å². The number of aryl methyl sites for hydroxylation is 2. The van der Waals surface area contributed by atoms with E-state index >= 15 is 0 Å². The number of hydrogen-bond donors (Lipinski definition) is 2. The third kappa shape index (κ3) is 3.86. The van der Waals surface area contributed by atoms with Crippen LogP contribution in [0, 0.1) is 13.8 Å². The van der Waals surface area contributed by atoms with Gasteiger partial charge in [0.05, 0.1) is 11.1 Å². The molecular formula is C18H17N3O3S2. The van der Waals surface area contributed by atoms with Crippen LogP contribution in [-0.2, 0) is 4.79 Å². The summed E-state index contributed by atoms with van der Waals surface area (Å²) < 4.78 is 0. The number of rotatable bonds is 5. The number of benzene rings is 1. The Hall–Kier alpha value is -2.45. The van der Waals surface area contributed by atoms with Crippen molar-refractivity contribution in [2.75, 3.05) is 11.1 Å². The first-order valence-electron chi connectivity index (χ1n) is 7.89. The number of ketones is 1. The van der Waals surface area contributed by atoms with Crippen molar-refractivity contribution in [3.05, 3.63) is 50.6 Å². The van der Waals surface area contributed by atoms with Crippen molar-refractivity contribution in [3.8, 4) is 0 Å². The largest absolute Gasteiger partial charge is 0.325 e. The van der Waals surface area contributed by atoms with Crippen molar-refractivity contribution in [2.45, 2.75) is 25.9 Å². The number of thioether (sulfide) groups is 1. The number of amides is 1. The molecule has 0 aliphatic rings. The molecule has 0 atom stereocenters. The minimum Gasteiger partial charge on any atom is -0.325 e. The zero-order valence-corrected chi connectivity index (χ0v) is 16.1. The number of nitrogens with one attached hydrogen (secondary N) is 2. The first-order chi connectivity index (χ1) is 12.3. The Bertz CT molecular complexity index is 1050. The zero-order chi connectivity index (χ0) is 18.8. The predicted octanol–water partition coefficient (Wildman–Crippen LogP) is 3.53. The van der Waals surface area contributed by atoms with Crippen LogP contribution in [0.1, 0.15) is 27.7 Å². The Balaban J connectivity index is 1.67. The highest BCUT2D eigenvalue weighted by Gasteiger charge is 2.13. The Morgan fingerprint density at radius 2 is 1.92 bits per heavy atom. The van der Waals surface area contributed by atoms with Crippen molar-refractivity contribution in [3.63, 3.8) is 0 Å². The Labute approximate surface area is 158 Å². The smallest absolute Gasteiger partial charge is 0.260 e. The van der Waals surface area contributed by atoms with E-state index in [1.807, 2.05) is 13.8 Å². The van der Waals surface area contributed by atoms with E-state index in [0.29, 0.717) is 26.6 Å². The maximum absolute atomic E-state index is 12.2. The number of H-pyrrole nitrogens is 1. The van der Waals surface area contributed by atoms with Gasteiger partial charge in [-0.25, -0.2) is 4.98 Å². The summed E-state index contributed by atoms with van der Waals surface area (Å²) >= 11 is 2.65. The topological polar surface area (TPSA) is 91.9 Å². The lowest BCUT2D eigenvalue weighted by Crippen LogP contribution is -2.15. The number of fused-ring (bicyclic) bond motifs is 1. The molecule has 3 rings (SSSR count). The molecule has 3 aromatic rings. The average Bonchev–Trinajstić information content (AvgIpc) is 2.88. The fraction of sp³-hybridized carbons (Fsp3) is 0.222. The molecule has 0 fully saturated rings. The summed E-state index contributed by atoms with van der Waals surface area (Å²) in [6.45, 7) is 5.35. The van der Waals surface area contributed by atoms with Crippen molar-refractivity contribution < 1.29 is 9.59 Å². The van der Waals surface area contributed by atoms with Gasteiger partial charge in [-0.05, 0) is 50.6 Å². The molecule has 0 saturated carbocycles. The summed E-state index contributed by atoms with van der Waals surface area (Å²) in [5, 5.41) is 3.79. The number of thiophene rings is 1. The van der Waals surface area contributed by atoms with Crippen molar-refractivity contribution in [1.82, 2.24) is 9.97 Å². The van der Waals surface area contributed by atoms with Gasteiger partial charge in [0.15, 0.2) is 10.9 Å². The molecule has 6 nitrogen and oxygen atoms in total. The van der Waals surface area contributed by atoms with Crippen molar-refractivity contribution in [2.24, 2.45) is 0 Å². The second kappa shape index (κ2) is 7.43. The lowest BCUT2D eigenvalue weighted by molar-refractivity contribution is -0.113. The minimum absolute atomic E-state index is 0.0251. The van der Waals surface area contributed by atoms with E-state index in [1.54, 1.807) is 24.3 Å². The number of aromatic amines is 1. The quantitative estimate of drug-likeness (QED) is 0.397. The molecule has 0 aliphatic carbocycles. The van der Waals surface area contributed by atoms with Gasteiger partial charge in [0.2, 0.25) is 5.91 Å². The van der Waals surface area contributed by atoms with E-state index in [-0.39, 0.29) is 23.0 Å². The summed E-state index contributed by atoms with van der Waals surface area (Å²) in [5.41, 5.74) is 1.97. The van der Waals surface area contributed by atoms with E-state index in [9.17, 15) is 14.4 Å². The predicted molar refractivity (Wildman–Crippen MR) is 106 cm³/mol. The second-order valence-corrected chi connectivity index (χ2v) is 7.97. The molecule has 2 aromatic heterocycles. The molecule has 2 N–H and O–H groups in total. The lowest BCUT2D eigenvalue weighted by atomic mass is 10.1. The molecule has 134 valence electrons. The third-order valence-corrected chi connectivity index (χ3v) is 5.91. The molecule has 26 heavy (non-hydrogen) atoms. The number of carbonyl (C=O) groups is 2. The molecule has 1 amide bonds. The minimum atomic E-state index is -0.216. The van der Waals surface area contributed by atoms with Gasteiger partial charge in [-0.1, -0.05) is 11.8 Å². The fourth-order valence-corrected chi connectivity index (χ4v) is 4.17. The monoisotopic (exact) mass is 387 g/mol. The fourth-order valence-electron chi connectivity index (χ4n) is 2.42. The summed E-state index contributed by atoms with van der Waals surface area (Å²) in [7, 11) is 0. The molecule has 0 saturated heterocycles. The zero-order valence-electron chi connectivity index (χ0n) is 14.5. The summed E-state index contributed by atoms with van der Waals surface area (Å²) in [6.07, 6.45) is 0. The summed E-state index contributed by atoms with van der Waals surface area (Å²) in [6, 6.07) is 6.70. The van der Waals surface area contributed by atoms with E-state index in [4.69, 9.17) is 0 Å². The van der Waals surface area contributed by atoms with E-state index < -0.39 is 0 Å². The molecule has 0 bridgehead atoms. The van der Waals surface area contributed by atoms with Gasteiger partial charge in [0.1, 0.15) is 4.83 Å². The summed E-state index contributed by atoms with van der Waals surface area (Å²) in [5.74, 6) is -0.124. The lowest BCUT2D eigenvalue weighted by Gasteiger charge is -2.05. The van der Waals surface area contributed by atoms with Gasteiger partial charge < -0.3 is 10.3 Å². The van der Waals surface area contributed by atoms with Crippen LogP contribution in [0.25, 0.3) is 10.2 Å². The average molecular weight is 387 g/mol. The molecular weight excluding hydrogens is 370 g/mol. The van der Waals surface area contributed by atoms with Gasteiger partial charge >= 0.3 is 0 Å². The first kappa shape index (κ1) is 18.3. The highest BCUT2D eigenvalue weighted by molar-refractivity contribution is 7.99. The summed E-state index contributed by atoms with van der Waals surface area (Å²) in [4.78, 5) is 44.5. The normalized spacial score (nSPS) is 10.9. The van der Waals surface area contributed by atoms with Crippen molar-refractivity contribution in [1.29, 1.82) is 0 Å². The molecule has 0 aliphatic heterocycles. The Kier molecular flexibility index (Phi) is 5.24. The third-order valence-electron chi connectivity index (χ3n) is 3.93. The molecule has 1 aromatic carbocycles. The SMILES string of the molecule is CC(=O)c1ccc(NC(=O)CSc2nc3sc(C)c(C)c3c(=O)[nH]2)cc1. The van der Waals surface area contributed by atoms with Crippen LogP contribution in [0.15, 0.2) is 34.2 Å². The standard InChI is InChI=1S/C18H17N3O3S2/c1-9-11(3)26-17-15(9)16(24)20-18(21-17)25-8-14(23)19-13-6-4-12(5-7-13)10(2)22/h4-7H,8H2,1-3H3,(H,19,23)(H,20,21,24). The van der Waals surface area contributed by atoms with Crippen LogP contribution in [-0.4, -0.2) is 27.4 Å². The van der Waals surface area contributed by atoms with Crippen LogP contribution >= 0.6 is 23.1 Å². The molecule has 0 spiro atoms. The highest BCUT2D eigenvalue weighted by atomic mass is 32.2. The number of carbonyl (C=O) groups excluding carboxylic acids is 2.